The van der Waals surface area contributed by atoms with Gasteiger partial charge in [0, 0.05) is 29.1 Å². The number of nitrogens with zero attached hydrogens (tertiary/aromatic N) is 2. The van der Waals surface area contributed by atoms with E-state index < -0.39 is 0 Å². The van der Waals surface area contributed by atoms with Crippen molar-refractivity contribution < 1.29 is 0 Å². The second kappa shape index (κ2) is 6.55. The second-order valence-corrected chi connectivity index (χ2v) is 7.29. The number of hydrogen-bond donors (Lipinski definition) is 0. The fourth-order valence-electron chi connectivity index (χ4n) is 2.23. The van der Waals surface area contributed by atoms with Crippen LogP contribution in [-0.2, 0) is 0 Å². The van der Waals surface area contributed by atoms with Crippen LogP contribution < -0.4 is 0 Å². The molecule has 2 nitrogen and oxygen atoms in total. The molecule has 1 aliphatic rings. The van der Waals surface area contributed by atoms with Gasteiger partial charge in [-0.1, -0.05) is 22.6 Å². The third-order valence-electron chi connectivity index (χ3n) is 3.84. The first-order valence-electron chi connectivity index (χ1n) is 6.50. The van der Waals surface area contributed by atoms with Gasteiger partial charge in [-0.25, -0.2) is 0 Å². The molecule has 0 aromatic heterocycles. The van der Waals surface area contributed by atoms with Crippen LogP contribution in [0.2, 0.25) is 0 Å². The highest BCUT2D eigenvalue weighted by Crippen LogP contribution is 2.26. The summed E-state index contributed by atoms with van der Waals surface area (Å²) >= 11 is 2.66. The normalized spacial score (nSPS) is 28.3. The summed E-state index contributed by atoms with van der Waals surface area (Å²) in [5.41, 5.74) is 0. The number of rotatable bonds is 4. The minimum atomic E-state index is 0.673. The highest BCUT2D eigenvalue weighted by molar-refractivity contribution is 14.1. The molecule has 0 bridgehead atoms. The SMILES string of the molecule is CC(C)N(C)C[C@@H]1CCN(C(C)C)C[C@H]1I. The van der Waals surface area contributed by atoms with Crippen LogP contribution in [0.4, 0.5) is 0 Å². The zero-order chi connectivity index (χ0) is 12.3. The Bertz CT molecular complexity index is 206. The highest BCUT2D eigenvalue weighted by Gasteiger charge is 2.29. The van der Waals surface area contributed by atoms with Gasteiger partial charge in [-0.3, -0.25) is 4.90 Å². The van der Waals surface area contributed by atoms with Gasteiger partial charge in [0.1, 0.15) is 0 Å². The van der Waals surface area contributed by atoms with E-state index in [1.54, 1.807) is 0 Å². The summed E-state index contributed by atoms with van der Waals surface area (Å²) in [6.07, 6.45) is 1.36. The summed E-state index contributed by atoms with van der Waals surface area (Å²) in [6, 6.07) is 1.38. The third kappa shape index (κ3) is 4.15. The van der Waals surface area contributed by atoms with Crippen molar-refractivity contribution in [3.05, 3.63) is 0 Å². The van der Waals surface area contributed by atoms with Gasteiger partial charge in [0.15, 0.2) is 0 Å². The molecule has 0 aromatic carbocycles. The van der Waals surface area contributed by atoms with Crippen molar-refractivity contribution in [2.45, 2.75) is 50.1 Å². The van der Waals surface area contributed by atoms with Crippen molar-refractivity contribution in [1.29, 1.82) is 0 Å². The molecule has 0 aromatic rings. The average molecular weight is 338 g/mol. The maximum atomic E-state index is 2.66. The van der Waals surface area contributed by atoms with E-state index in [-0.39, 0.29) is 0 Å². The maximum Gasteiger partial charge on any atom is 0.0278 e. The highest BCUT2D eigenvalue weighted by atomic mass is 127. The average Bonchev–Trinajstić information content (AvgIpc) is 2.20. The lowest BCUT2D eigenvalue weighted by atomic mass is 9.95. The molecule has 0 N–H and O–H groups in total. The van der Waals surface area contributed by atoms with Crippen molar-refractivity contribution in [3.63, 3.8) is 0 Å². The van der Waals surface area contributed by atoms with Gasteiger partial charge in [-0.2, -0.15) is 0 Å². The molecular weight excluding hydrogens is 311 g/mol. The first-order chi connectivity index (χ1) is 7.41. The first kappa shape index (κ1) is 14.7. The van der Waals surface area contributed by atoms with Gasteiger partial charge in [-0.15, -0.1) is 0 Å². The van der Waals surface area contributed by atoms with Crippen LogP contribution in [0.1, 0.15) is 34.1 Å². The lowest BCUT2D eigenvalue weighted by molar-refractivity contribution is 0.131. The molecule has 1 heterocycles. The predicted octanol–water partition coefficient (Wildman–Crippen LogP) is 2.86. The topological polar surface area (TPSA) is 6.48 Å². The molecule has 0 amide bonds. The number of halogens is 1. The van der Waals surface area contributed by atoms with E-state index in [0.29, 0.717) is 12.1 Å². The summed E-state index contributed by atoms with van der Waals surface area (Å²) in [5, 5.41) is 0. The van der Waals surface area contributed by atoms with E-state index in [1.807, 2.05) is 0 Å². The zero-order valence-electron chi connectivity index (χ0n) is 11.4. The number of piperidine rings is 1. The maximum absolute atomic E-state index is 2.66. The Morgan fingerprint density at radius 1 is 1.31 bits per heavy atom. The van der Waals surface area contributed by atoms with Crippen molar-refractivity contribution in [1.82, 2.24) is 9.80 Å². The van der Waals surface area contributed by atoms with Gasteiger partial charge in [0.2, 0.25) is 0 Å². The quantitative estimate of drug-likeness (QED) is 0.575. The van der Waals surface area contributed by atoms with Gasteiger partial charge < -0.3 is 4.90 Å². The van der Waals surface area contributed by atoms with E-state index in [1.165, 1.54) is 26.1 Å². The second-order valence-electron chi connectivity index (χ2n) is 5.69. The number of likely N-dealkylation sites (tertiary alicyclic amines) is 1. The lowest BCUT2D eigenvalue weighted by Gasteiger charge is -2.40. The van der Waals surface area contributed by atoms with E-state index in [4.69, 9.17) is 0 Å². The largest absolute Gasteiger partial charge is 0.304 e. The molecule has 1 fully saturated rings. The summed E-state index contributed by atoms with van der Waals surface area (Å²) in [7, 11) is 2.25. The molecule has 1 saturated heterocycles. The standard InChI is InChI=1S/C13H27IN2/c1-10(2)15(5)8-12-6-7-16(11(3)4)9-13(12)14/h10-13H,6-9H2,1-5H3/t12-,13+/m0/s1. The summed E-state index contributed by atoms with van der Waals surface area (Å²) in [4.78, 5) is 5.10. The Labute approximate surface area is 115 Å². The monoisotopic (exact) mass is 338 g/mol. The van der Waals surface area contributed by atoms with Gasteiger partial charge in [0.25, 0.3) is 0 Å². The lowest BCUT2D eigenvalue weighted by Crippen LogP contribution is -2.47. The Morgan fingerprint density at radius 2 is 1.94 bits per heavy atom. The van der Waals surface area contributed by atoms with Crippen molar-refractivity contribution in [2.24, 2.45) is 5.92 Å². The van der Waals surface area contributed by atoms with Crippen LogP contribution in [0.3, 0.4) is 0 Å². The summed E-state index contributed by atoms with van der Waals surface area (Å²) in [5.74, 6) is 0.878. The van der Waals surface area contributed by atoms with Gasteiger partial charge >= 0.3 is 0 Å². The molecule has 96 valence electrons. The van der Waals surface area contributed by atoms with E-state index in [9.17, 15) is 0 Å². The van der Waals surface area contributed by atoms with Crippen LogP contribution in [-0.4, -0.2) is 52.5 Å². The predicted molar refractivity (Wildman–Crippen MR) is 80.4 cm³/mol. The Kier molecular flexibility index (Phi) is 6.02. The molecule has 0 spiro atoms. The minimum absolute atomic E-state index is 0.673. The number of hydrogen-bond acceptors (Lipinski definition) is 2. The van der Waals surface area contributed by atoms with Crippen LogP contribution in [0.25, 0.3) is 0 Å². The van der Waals surface area contributed by atoms with E-state index in [0.717, 1.165) is 9.84 Å². The molecule has 0 radical (unpaired) electrons. The Balaban J connectivity index is 2.41. The molecule has 0 aliphatic carbocycles. The zero-order valence-corrected chi connectivity index (χ0v) is 13.6. The van der Waals surface area contributed by atoms with Crippen LogP contribution in [0.15, 0.2) is 0 Å². The Morgan fingerprint density at radius 3 is 2.38 bits per heavy atom. The molecule has 2 atom stereocenters. The van der Waals surface area contributed by atoms with Crippen molar-refractivity contribution in [2.75, 3.05) is 26.7 Å². The van der Waals surface area contributed by atoms with E-state index >= 15 is 0 Å². The fourth-order valence-corrected chi connectivity index (χ4v) is 3.33. The summed E-state index contributed by atoms with van der Waals surface area (Å²) in [6.45, 7) is 13.0. The molecule has 3 heteroatoms. The first-order valence-corrected chi connectivity index (χ1v) is 7.74. The molecular formula is C13H27IN2. The minimum Gasteiger partial charge on any atom is -0.304 e. The Hall–Kier alpha value is 0.650. The molecule has 0 unspecified atom stereocenters. The van der Waals surface area contributed by atoms with Gasteiger partial charge in [-0.05, 0) is 53.6 Å². The number of alkyl halides is 1. The molecule has 0 saturated carbocycles. The van der Waals surface area contributed by atoms with Crippen molar-refractivity contribution >= 4 is 22.6 Å². The summed E-state index contributed by atoms with van der Waals surface area (Å²) < 4.78 is 0.815. The van der Waals surface area contributed by atoms with Crippen molar-refractivity contribution in [3.8, 4) is 0 Å². The van der Waals surface area contributed by atoms with Crippen LogP contribution >= 0.6 is 22.6 Å². The van der Waals surface area contributed by atoms with Crippen LogP contribution in [0, 0.1) is 5.92 Å². The van der Waals surface area contributed by atoms with E-state index in [2.05, 4.69) is 67.1 Å². The van der Waals surface area contributed by atoms with Gasteiger partial charge in [0.05, 0.1) is 0 Å². The molecule has 16 heavy (non-hydrogen) atoms. The molecule has 1 rings (SSSR count). The smallest absolute Gasteiger partial charge is 0.0278 e. The third-order valence-corrected chi connectivity index (χ3v) is 5.25. The molecule has 1 aliphatic heterocycles. The fraction of sp³-hybridized carbons (Fsp3) is 1.00. The van der Waals surface area contributed by atoms with Crippen LogP contribution in [0.5, 0.6) is 0 Å².